The fourth-order valence-corrected chi connectivity index (χ4v) is 4.81. The van der Waals surface area contributed by atoms with Crippen molar-refractivity contribution in [2.75, 3.05) is 7.11 Å². The summed E-state index contributed by atoms with van der Waals surface area (Å²) in [5.41, 5.74) is 1.53. The number of hydrogen-bond acceptors (Lipinski definition) is 5. The number of ether oxygens (including phenoxy) is 1. The molecule has 3 aromatic rings. The average molecular weight is 480 g/mol. The predicted molar refractivity (Wildman–Crippen MR) is 130 cm³/mol. The molecule has 1 aliphatic heterocycles. The second-order valence-electron chi connectivity index (χ2n) is 9.22. The van der Waals surface area contributed by atoms with E-state index in [1.165, 1.54) is 47.6 Å². The van der Waals surface area contributed by atoms with Crippen LogP contribution in [0.3, 0.4) is 0 Å². The summed E-state index contributed by atoms with van der Waals surface area (Å²) in [4.78, 5) is 28.7. The van der Waals surface area contributed by atoms with Gasteiger partial charge in [0.1, 0.15) is 17.3 Å². The zero-order chi connectivity index (χ0) is 24.6. The van der Waals surface area contributed by atoms with Gasteiger partial charge in [0, 0.05) is 4.88 Å². The number of benzene rings is 2. The van der Waals surface area contributed by atoms with Gasteiger partial charge in [0.2, 0.25) is 0 Å². The van der Waals surface area contributed by atoms with Gasteiger partial charge >= 0.3 is 0 Å². The molecule has 1 saturated heterocycles. The van der Waals surface area contributed by atoms with E-state index in [1.54, 1.807) is 12.1 Å². The van der Waals surface area contributed by atoms with E-state index in [9.17, 15) is 19.1 Å². The monoisotopic (exact) mass is 479 g/mol. The quantitative estimate of drug-likeness (QED) is 0.285. The maximum Gasteiger partial charge on any atom is 0.295 e. The van der Waals surface area contributed by atoms with Crippen LogP contribution in [0.1, 0.15) is 48.4 Å². The molecule has 1 aliphatic rings. The zero-order valence-electron chi connectivity index (χ0n) is 19.5. The van der Waals surface area contributed by atoms with E-state index in [4.69, 9.17) is 4.74 Å². The molecule has 1 fully saturated rings. The Kier molecular flexibility index (Phi) is 6.32. The number of likely N-dealkylation sites (tertiary alicyclic amines) is 1. The van der Waals surface area contributed by atoms with Crippen molar-refractivity contribution in [3.63, 3.8) is 0 Å². The highest BCUT2D eigenvalue weighted by molar-refractivity contribution is 7.09. The van der Waals surface area contributed by atoms with Gasteiger partial charge in [-0.3, -0.25) is 9.59 Å². The van der Waals surface area contributed by atoms with Gasteiger partial charge in [0.25, 0.3) is 11.7 Å². The Labute approximate surface area is 202 Å². The van der Waals surface area contributed by atoms with Crippen LogP contribution in [0, 0.1) is 5.82 Å². The summed E-state index contributed by atoms with van der Waals surface area (Å²) >= 11 is 1.47. The second-order valence-corrected chi connectivity index (χ2v) is 10.3. The van der Waals surface area contributed by atoms with Gasteiger partial charge in [-0.2, -0.15) is 0 Å². The van der Waals surface area contributed by atoms with E-state index >= 15 is 0 Å². The van der Waals surface area contributed by atoms with Crippen molar-refractivity contribution in [3.05, 3.63) is 92.9 Å². The lowest BCUT2D eigenvalue weighted by atomic mass is 9.85. The van der Waals surface area contributed by atoms with Crippen LogP contribution < -0.4 is 4.74 Å². The number of thiophene rings is 1. The van der Waals surface area contributed by atoms with Crippen molar-refractivity contribution in [1.29, 1.82) is 0 Å². The van der Waals surface area contributed by atoms with Gasteiger partial charge in [0.05, 0.1) is 30.8 Å². The topological polar surface area (TPSA) is 66.8 Å². The molecule has 2 aromatic carbocycles. The summed E-state index contributed by atoms with van der Waals surface area (Å²) in [6.07, 6.45) is 0. The van der Waals surface area contributed by atoms with E-state index in [0.717, 1.165) is 10.4 Å². The summed E-state index contributed by atoms with van der Waals surface area (Å²) < 4.78 is 19.2. The third-order valence-corrected chi connectivity index (χ3v) is 6.81. The number of methoxy groups -OCH3 is 1. The number of amides is 1. The van der Waals surface area contributed by atoms with Gasteiger partial charge in [-0.05, 0) is 52.3 Å². The molecular weight excluding hydrogens is 453 g/mol. The normalized spacial score (nSPS) is 17.9. The third-order valence-electron chi connectivity index (χ3n) is 5.95. The first kappa shape index (κ1) is 23.7. The molecule has 1 amide bonds. The van der Waals surface area contributed by atoms with Crippen LogP contribution in [0.15, 0.2) is 65.6 Å². The molecule has 5 nitrogen and oxygen atoms in total. The smallest absolute Gasteiger partial charge is 0.295 e. The number of aliphatic hydroxyl groups is 1. The fourth-order valence-electron chi connectivity index (χ4n) is 4.11. The minimum atomic E-state index is -0.870. The number of carbonyl (C=O) groups excluding carboxylic acids is 2. The minimum absolute atomic E-state index is 0.0440. The minimum Gasteiger partial charge on any atom is -0.507 e. The molecule has 176 valence electrons. The highest BCUT2D eigenvalue weighted by Crippen LogP contribution is 2.42. The molecule has 0 radical (unpaired) electrons. The summed E-state index contributed by atoms with van der Waals surface area (Å²) in [5.74, 6) is -1.86. The maximum atomic E-state index is 13.7. The van der Waals surface area contributed by atoms with Crippen molar-refractivity contribution in [1.82, 2.24) is 4.90 Å². The summed E-state index contributed by atoms with van der Waals surface area (Å²) in [7, 11) is 1.48. The van der Waals surface area contributed by atoms with Gasteiger partial charge in [-0.25, -0.2) is 4.39 Å². The Morgan fingerprint density at radius 1 is 1.12 bits per heavy atom. The summed E-state index contributed by atoms with van der Waals surface area (Å²) in [6, 6.07) is 13.9. The van der Waals surface area contributed by atoms with Crippen molar-refractivity contribution in [3.8, 4) is 5.75 Å². The van der Waals surface area contributed by atoms with Crippen molar-refractivity contribution in [2.45, 2.75) is 38.8 Å². The molecule has 1 N–H and O–H groups in total. The number of aliphatic hydroxyl groups excluding tert-OH is 1. The number of carbonyl (C=O) groups is 2. The van der Waals surface area contributed by atoms with Gasteiger partial charge in [-0.1, -0.05) is 45.0 Å². The van der Waals surface area contributed by atoms with Crippen LogP contribution in [0.2, 0.25) is 0 Å². The van der Waals surface area contributed by atoms with Crippen LogP contribution in [0.4, 0.5) is 4.39 Å². The first-order valence-corrected chi connectivity index (χ1v) is 11.7. The second kappa shape index (κ2) is 9.06. The number of hydrogen-bond donors (Lipinski definition) is 1. The molecule has 0 aliphatic carbocycles. The Morgan fingerprint density at radius 3 is 2.41 bits per heavy atom. The number of ketones is 1. The highest BCUT2D eigenvalue weighted by Gasteiger charge is 2.46. The molecule has 7 heteroatoms. The van der Waals surface area contributed by atoms with Gasteiger partial charge < -0.3 is 14.7 Å². The SMILES string of the molecule is COc1ccc(C(C)(C)C)cc1/C(O)=C1\C(=O)C(=O)N(Cc2cccs2)C1c1ccc(F)cc1. The Morgan fingerprint density at radius 2 is 1.82 bits per heavy atom. The van der Waals surface area contributed by atoms with Gasteiger partial charge in [-0.15, -0.1) is 11.3 Å². The summed E-state index contributed by atoms with van der Waals surface area (Å²) in [5, 5.41) is 13.4. The third kappa shape index (κ3) is 4.35. The molecule has 1 atom stereocenters. The highest BCUT2D eigenvalue weighted by atomic mass is 32.1. The average Bonchev–Trinajstić information content (AvgIpc) is 3.40. The Balaban J connectivity index is 1.93. The predicted octanol–water partition coefficient (Wildman–Crippen LogP) is 5.82. The Hall–Kier alpha value is -3.45. The van der Waals surface area contributed by atoms with Crippen molar-refractivity contribution in [2.24, 2.45) is 0 Å². The van der Waals surface area contributed by atoms with Crippen molar-refractivity contribution >= 4 is 28.8 Å². The van der Waals surface area contributed by atoms with E-state index in [0.29, 0.717) is 16.9 Å². The zero-order valence-corrected chi connectivity index (χ0v) is 20.3. The van der Waals surface area contributed by atoms with Crippen LogP contribution in [0.25, 0.3) is 5.76 Å². The fraction of sp³-hybridized carbons (Fsp3) is 0.259. The summed E-state index contributed by atoms with van der Waals surface area (Å²) in [6.45, 7) is 6.31. The molecule has 1 aromatic heterocycles. The largest absolute Gasteiger partial charge is 0.507 e. The number of halogens is 1. The standard InChI is InChI=1S/C27H26FNO4S/c1-27(2,3)17-9-12-21(33-4)20(14-17)24(30)22-23(16-7-10-18(28)11-8-16)29(26(32)25(22)31)15-19-6-5-13-34-19/h5-14,23,30H,15H2,1-4H3/b24-22+. The molecular formula is C27H26FNO4S. The van der Waals surface area contributed by atoms with E-state index in [2.05, 4.69) is 0 Å². The first-order chi connectivity index (χ1) is 16.1. The molecule has 34 heavy (non-hydrogen) atoms. The van der Waals surface area contributed by atoms with E-state index in [1.807, 2.05) is 44.4 Å². The lowest BCUT2D eigenvalue weighted by Crippen LogP contribution is -2.28. The van der Waals surface area contributed by atoms with E-state index < -0.39 is 23.5 Å². The lowest BCUT2D eigenvalue weighted by molar-refractivity contribution is -0.140. The van der Waals surface area contributed by atoms with Crippen molar-refractivity contribution < 1.29 is 23.8 Å². The maximum absolute atomic E-state index is 13.7. The van der Waals surface area contributed by atoms with Crippen LogP contribution in [-0.2, 0) is 21.5 Å². The number of nitrogens with zero attached hydrogens (tertiary/aromatic N) is 1. The molecule has 1 unspecified atom stereocenters. The lowest BCUT2D eigenvalue weighted by Gasteiger charge is -2.25. The molecule has 0 saturated carbocycles. The molecule has 2 heterocycles. The number of rotatable bonds is 5. The first-order valence-electron chi connectivity index (χ1n) is 10.9. The number of Topliss-reactive ketones (excluding diaryl/α,β-unsaturated/α-hetero) is 1. The Bertz CT molecular complexity index is 1260. The van der Waals surface area contributed by atoms with Crippen LogP contribution in [0.5, 0.6) is 5.75 Å². The molecule has 0 bridgehead atoms. The van der Waals surface area contributed by atoms with Crippen LogP contribution >= 0.6 is 11.3 Å². The van der Waals surface area contributed by atoms with Crippen LogP contribution in [-0.4, -0.2) is 28.8 Å². The molecule has 0 spiro atoms. The molecule has 4 rings (SSSR count). The van der Waals surface area contributed by atoms with Gasteiger partial charge in [0.15, 0.2) is 0 Å². The van der Waals surface area contributed by atoms with E-state index in [-0.39, 0.29) is 23.3 Å².